The maximum absolute atomic E-state index is 9.75. The van der Waals surface area contributed by atoms with Crippen LogP contribution in [0.3, 0.4) is 0 Å². The van der Waals surface area contributed by atoms with E-state index in [1.165, 1.54) is 11.8 Å². The van der Waals surface area contributed by atoms with Crippen molar-refractivity contribution in [3.8, 4) is 5.75 Å². The third-order valence-electron chi connectivity index (χ3n) is 2.23. The van der Waals surface area contributed by atoms with Crippen LogP contribution in [0.5, 0.6) is 5.75 Å². The molecule has 1 aromatic carbocycles. The summed E-state index contributed by atoms with van der Waals surface area (Å²) >= 11 is 1.49. The van der Waals surface area contributed by atoms with Gasteiger partial charge in [-0.2, -0.15) is 0 Å². The summed E-state index contributed by atoms with van der Waals surface area (Å²) in [5.74, 6) is 0.767. The molecule has 0 aromatic heterocycles. The van der Waals surface area contributed by atoms with E-state index < -0.39 is 6.10 Å². The van der Waals surface area contributed by atoms with Gasteiger partial charge in [-0.1, -0.05) is 6.07 Å². The largest absolute Gasteiger partial charge is 0.508 e. The maximum Gasteiger partial charge on any atom is 0.116 e. The number of rotatable bonds is 8. The van der Waals surface area contributed by atoms with Gasteiger partial charge >= 0.3 is 0 Å². The first-order chi connectivity index (χ1) is 8.61. The van der Waals surface area contributed by atoms with Crippen LogP contribution in [0.1, 0.15) is 6.92 Å². The van der Waals surface area contributed by atoms with Crippen molar-refractivity contribution in [2.24, 2.45) is 0 Å². The number of benzene rings is 1. The van der Waals surface area contributed by atoms with Gasteiger partial charge in [0.15, 0.2) is 0 Å². The molecule has 2 atom stereocenters. The SMILES string of the molecule is COCC(C)OCC(O)CSc1cccc(O)c1. The molecule has 4 nitrogen and oxygen atoms in total. The van der Waals surface area contributed by atoms with Gasteiger partial charge in [0, 0.05) is 17.8 Å². The van der Waals surface area contributed by atoms with Crippen LogP contribution in [0, 0.1) is 0 Å². The minimum absolute atomic E-state index is 0.0181. The van der Waals surface area contributed by atoms with Crippen molar-refractivity contribution in [3.05, 3.63) is 24.3 Å². The second-order valence-electron chi connectivity index (χ2n) is 4.06. The van der Waals surface area contributed by atoms with Crippen LogP contribution in [0.4, 0.5) is 0 Å². The highest BCUT2D eigenvalue weighted by Crippen LogP contribution is 2.22. The number of ether oxygens (including phenoxy) is 2. The molecule has 2 unspecified atom stereocenters. The topological polar surface area (TPSA) is 58.9 Å². The van der Waals surface area contributed by atoms with Gasteiger partial charge in [-0.15, -0.1) is 11.8 Å². The number of aromatic hydroxyl groups is 1. The first kappa shape index (κ1) is 15.3. The Hall–Kier alpha value is -0.750. The first-order valence-electron chi connectivity index (χ1n) is 5.82. The molecule has 0 radical (unpaired) electrons. The predicted octanol–water partition coefficient (Wildman–Crippen LogP) is 1.90. The summed E-state index contributed by atoms with van der Waals surface area (Å²) in [7, 11) is 1.62. The van der Waals surface area contributed by atoms with Crippen molar-refractivity contribution in [1.29, 1.82) is 0 Å². The minimum atomic E-state index is -0.531. The quantitative estimate of drug-likeness (QED) is 0.708. The molecule has 0 aliphatic heterocycles. The van der Waals surface area contributed by atoms with Gasteiger partial charge < -0.3 is 19.7 Å². The number of aliphatic hydroxyl groups excluding tert-OH is 1. The highest BCUT2D eigenvalue weighted by molar-refractivity contribution is 7.99. The predicted molar refractivity (Wildman–Crippen MR) is 72.1 cm³/mol. The van der Waals surface area contributed by atoms with Crippen LogP contribution in [0.2, 0.25) is 0 Å². The van der Waals surface area contributed by atoms with Crippen molar-refractivity contribution < 1.29 is 19.7 Å². The van der Waals surface area contributed by atoms with Gasteiger partial charge in [-0.25, -0.2) is 0 Å². The molecule has 1 aromatic rings. The molecule has 0 aliphatic carbocycles. The average Bonchev–Trinajstić information content (AvgIpc) is 2.34. The van der Waals surface area contributed by atoms with E-state index in [0.717, 1.165) is 4.90 Å². The molecular weight excluding hydrogens is 252 g/mol. The number of phenols is 1. The van der Waals surface area contributed by atoms with E-state index in [2.05, 4.69) is 0 Å². The van der Waals surface area contributed by atoms with Gasteiger partial charge in [0.2, 0.25) is 0 Å². The second-order valence-corrected chi connectivity index (χ2v) is 5.15. The number of methoxy groups -OCH3 is 1. The molecule has 0 fully saturated rings. The summed E-state index contributed by atoms with van der Waals surface area (Å²) in [5.41, 5.74) is 0. The van der Waals surface area contributed by atoms with E-state index in [4.69, 9.17) is 9.47 Å². The van der Waals surface area contributed by atoms with Gasteiger partial charge in [0.05, 0.1) is 25.4 Å². The highest BCUT2D eigenvalue weighted by Gasteiger charge is 2.08. The zero-order chi connectivity index (χ0) is 13.4. The van der Waals surface area contributed by atoms with E-state index in [0.29, 0.717) is 12.4 Å². The van der Waals surface area contributed by atoms with Crippen LogP contribution >= 0.6 is 11.8 Å². The van der Waals surface area contributed by atoms with Crippen molar-refractivity contribution in [1.82, 2.24) is 0 Å². The van der Waals surface area contributed by atoms with E-state index in [1.807, 2.05) is 13.0 Å². The van der Waals surface area contributed by atoms with E-state index in [-0.39, 0.29) is 18.5 Å². The number of phenolic OH excluding ortho intramolecular Hbond substituents is 1. The Labute approximate surface area is 112 Å². The van der Waals surface area contributed by atoms with Crippen LogP contribution < -0.4 is 0 Å². The van der Waals surface area contributed by atoms with Crippen molar-refractivity contribution >= 4 is 11.8 Å². The minimum Gasteiger partial charge on any atom is -0.508 e. The summed E-state index contributed by atoms with van der Waals surface area (Å²) in [6.45, 7) is 2.71. The normalized spacial score (nSPS) is 14.4. The van der Waals surface area contributed by atoms with E-state index in [9.17, 15) is 10.2 Å². The summed E-state index contributed by atoms with van der Waals surface area (Å²) in [5, 5.41) is 19.0. The average molecular weight is 272 g/mol. The fourth-order valence-electron chi connectivity index (χ4n) is 1.37. The fraction of sp³-hybridized carbons (Fsp3) is 0.538. The molecule has 0 saturated carbocycles. The summed E-state index contributed by atoms with van der Waals surface area (Å²) < 4.78 is 10.4. The third kappa shape index (κ3) is 6.26. The van der Waals surface area contributed by atoms with E-state index >= 15 is 0 Å². The number of hydrogen-bond acceptors (Lipinski definition) is 5. The van der Waals surface area contributed by atoms with Crippen molar-refractivity contribution in [2.75, 3.05) is 26.1 Å². The summed E-state index contributed by atoms with van der Waals surface area (Å²) in [4.78, 5) is 0.930. The number of hydrogen-bond donors (Lipinski definition) is 2. The van der Waals surface area contributed by atoms with Crippen molar-refractivity contribution in [3.63, 3.8) is 0 Å². The zero-order valence-corrected chi connectivity index (χ0v) is 11.5. The number of thioether (sulfide) groups is 1. The molecule has 2 N–H and O–H groups in total. The molecule has 0 saturated heterocycles. The molecule has 0 heterocycles. The Bertz CT molecular complexity index is 346. The molecule has 102 valence electrons. The van der Waals surface area contributed by atoms with Crippen LogP contribution in [0.15, 0.2) is 29.2 Å². The zero-order valence-electron chi connectivity index (χ0n) is 10.7. The Morgan fingerprint density at radius 3 is 2.78 bits per heavy atom. The lowest BCUT2D eigenvalue weighted by Gasteiger charge is -2.15. The third-order valence-corrected chi connectivity index (χ3v) is 3.37. The Morgan fingerprint density at radius 2 is 2.11 bits per heavy atom. The van der Waals surface area contributed by atoms with Crippen molar-refractivity contribution in [2.45, 2.75) is 24.0 Å². The fourth-order valence-corrected chi connectivity index (χ4v) is 2.23. The molecule has 0 amide bonds. The van der Waals surface area contributed by atoms with Gasteiger partial charge in [0.1, 0.15) is 5.75 Å². The standard InChI is InChI=1S/C13H20O4S/c1-10(7-16-2)17-8-12(15)9-18-13-5-3-4-11(14)6-13/h3-6,10,12,14-15H,7-9H2,1-2H3. The lowest BCUT2D eigenvalue weighted by atomic mass is 10.3. The molecule has 1 rings (SSSR count). The summed E-state index contributed by atoms with van der Waals surface area (Å²) in [6.07, 6.45) is -0.549. The first-order valence-corrected chi connectivity index (χ1v) is 6.80. The Kier molecular flexibility index (Phi) is 7.12. The highest BCUT2D eigenvalue weighted by atomic mass is 32.2. The molecular formula is C13H20O4S. The van der Waals surface area contributed by atoms with Gasteiger partial charge in [-0.3, -0.25) is 0 Å². The van der Waals surface area contributed by atoms with Gasteiger partial charge in [-0.05, 0) is 25.1 Å². The van der Waals surface area contributed by atoms with Crippen LogP contribution in [-0.4, -0.2) is 48.5 Å². The molecule has 0 aliphatic rings. The van der Waals surface area contributed by atoms with E-state index in [1.54, 1.807) is 25.3 Å². The molecule has 5 heteroatoms. The molecule has 0 spiro atoms. The second kappa shape index (κ2) is 8.37. The summed E-state index contributed by atoms with van der Waals surface area (Å²) in [6, 6.07) is 6.97. The maximum atomic E-state index is 9.75. The smallest absolute Gasteiger partial charge is 0.116 e. The molecule has 18 heavy (non-hydrogen) atoms. The number of aliphatic hydroxyl groups is 1. The monoisotopic (exact) mass is 272 g/mol. The lowest BCUT2D eigenvalue weighted by Crippen LogP contribution is -2.24. The van der Waals surface area contributed by atoms with Gasteiger partial charge in [0.25, 0.3) is 0 Å². The lowest BCUT2D eigenvalue weighted by molar-refractivity contribution is -0.0257. The van der Waals surface area contributed by atoms with Crippen LogP contribution in [0.25, 0.3) is 0 Å². The Morgan fingerprint density at radius 1 is 1.33 bits per heavy atom. The Balaban J connectivity index is 2.22. The molecule has 0 bridgehead atoms. The van der Waals surface area contributed by atoms with Crippen LogP contribution in [-0.2, 0) is 9.47 Å².